The van der Waals surface area contributed by atoms with Gasteiger partial charge in [-0.05, 0) is 43.5 Å². The van der Waals surface area contributed by atoms with E-state index in [1.807, 2.05) is 27.7 Å². The average molecular weight is 383 g/mol. The molecule has 1 rings (SSSR count). The van der Waals surface area contributed by atoms with E-state index >= 15 is 0 Å². The molecule has 0 bridgehead atoms. The molecule has 1 aromatic rings. The number of hydrogen-bond donors (Lipinski definition) is 2. The summed E-state index contributed by atoms with van der Waals surface area (Å²) in [6.45, 7) is 8.23. The first-order chi connectivity index (χ1) is 12.2. The van der Waals surface area contributed by atoms with Crippen LogP contribution in [0.2, 0.25) is 5.02 Å². The Balaban J connectivity index is 2.74. The number of ether oxygens (including phenoxy) is 2. The molecular weight excluding hydrogens is 356 g/mol. The molecule has 2 amide bonds. The predicted octanol–water partition coefficient (Wildman–Crippen LogP) is 3.04. The van der Waals surface area contributed by atoms with Crippen molar-refractivity contribution in [3.05, 3.63) is 28.8 Å². The summed E-state index contributed by atoms with van der Waals surface area (Å²) in [5.41, 5.74) is 0.686. The first kappa shape index (κ1) is 21.8. The highest BCUT2D eigenvalue weighted by atomic mass is 35.5. The number of methoxy groups -OCH3 is 1. The van der Waals surface area contributed by atoms with E-state index in [1.54, 1.807) is 18.2 Å². The topological polar surface area (TPSA) is 76.7 Å². The van der Waals surface area contributed by atoms with Crippen molar-refractivity contribution in [3.8, 4) is 11.5 Å². The van der Waals surface area contributed by atoms with Gasteiger partial charge in [-0.25, -0.2) is 0 Å². The van der Waals surface area contributed by atoms with Crippen LogP contribution in [-0.4, -0.2) is 38.1 Å². The molecule has 26 heavy (non-hydrogen) atoms. The number of carbonyl (C=O) groups is 2. The summed E-state index contributed by atoms with van der Waals surface area (Å²) in [5.74, 6) is 0.716. The van der Waals surface area contributed by atoms with Gasteiger partial charge in [0.05, 0.1) is 25.3 Å². The molecule has 0 saturated carbocycles. The number of carbonyl (C=O) groups excluding carboxylic acids is 2. The second-order valence-corrected chi connectivity index (χ2v) is 6.92. The molecule has 0 aromatic heterocycles. The third-order valence-electron chi connectivity index (χ3n) is 3.11. The molecule has 0 radical (unpaired) electrons. The molecule has 0 aliphatic heterocycles. The summed E-state index contributed by atoms with van der Waals surface area (Å²) in [7, 11) is 1.53. The molecular formula is C19H27ClN2O4. The van der Waals surface area contributed by atoms with Crippen LogP contribution >= 0.6 is 11.6 Å². The highest BCUT2D eigenvalue weighted by molar-refractivity contribution is 6.32. The van der Waals surface area contributed by atoms with Gasteiger partial charge < -0.3 is 20.1 Å². The minimum absolute atomic E-state index is 0.0287. The predicted molar refractivity (Wildman–Crippen MR) is 104 cm³/mol. The fraction of sp³-hybridized carbons (Fsp3) is 0.474. The lowest BCUT2D eigenvalue weighted by molar-refractivity contribution is -0.124. The van der Waals surface area contributed by atoms with E-state index in [4.69, 9.17) is 21.1 Å². The summed E-state index contributed by atoms with van der Waals surface area (Å²) in [4.78, 5) is 23.3. The van der Waals surface area contributed by atoms with Crippen LogP contribution in [0.4, 0.5) is 0 Å². The summed E-state index contributed by atoms with van der Waals surface area (Å²) >= 11 is 6.27. The standard InChI is InChI=1S/C19H27ClN2O4/c1-12(2)11-26-19-15(20)8-14(9-16(19)25-5)6-7-17(23)21-10-18(24)22-13(3)4/h6-9,12-13H,10-11H2,1-5H3,(H,21,23)(H,22,24)/b7-6+. The average Bonchev–Trinajstić information content (AvgIpc) is 2.55. The SMILES string of the molecule is COc1cc(/C=C/C(=O)NCC(=O)NC(C)C)cc(Cl)c1OCC(C)C. The molecule has 6 nitrogen and oxygen atoms in total. The quantitative estimate of drug-likeness (QED) is 0.643. The zero-order valence-corrected chi connectivity index (χ0v) is 16.6. The fourth-order valence-corrected chi connectivity index (χ4v) is 2.27. The van der Waals surface area contributed by atoms with Crippen LogP contribution in [0.15, 0.2) is 18.2 Å². The number of rotatable bonds is 9. The molecule has 0 spiro atoms. The Kier molecular flexibility index (Phi) is 8.99. The first-order valence-corrected chi connectivity index (χ1v) is 8.86. The summed E-state index contributed by atoms with van der Waals surface area (Å²) in [6, 6.07) is 3.45. The van der Waals surface area contributed by atoms with Crippen LogP contribution in [0.5, 0.6) is 11.5 Å². The van der Waals surface area contributed by atoms with E-state index in [2.05, 4.69) is 10.6 Å². The summed E-state index contributed by atoms with van der Waals surface area (Å²) < 4.78 is 11.0. The molecule has 0 heterocycles. The summed E-state index contributed by atoms with van der Waals surface area (Å²) in [5, 5.41) is 5.62. The van der Waals surface area contributed by atoms with Crippen molar-refractivity contribution in [2.75, 3.05) is 20.3 Å². The third-order valence-corrected chi connectivity index (χ3v) is 3.39. The van der Waals surface area contributed by atoms with Crippen molar-refractivity contribution < 1.29 is 19.1 Å². The Morgan fingerprint density at radius 3 is 2.50 bits per heavy atom. The van der Waals surface area contributed by atoms with Gasteiger partial charge >= 0.3 is 0 Å². The van der Waals surface area contributed by atoms with Crippen molar-refractivity contribution in [2.45, 2.75) is 33.7 Å². The van der Waals surface area contributed by atoms with Crippen molar-refractivity contribution >= 4 is 29.5 Å². The van der Waals surface area contributed by atoms with Gasteiger partial charge in [0.25, 0.3) is 0 Å². The molecule has 0 atom stereocenters. The first-order valence-electron chi connectivity index (χ1n) is 8.48. The number of hydrogen-bond acceptors (Lipinski definition) is 4. The zero-order valence-electron chi connectivity index (χ0n) is 15.9. The lowest BCUT2D eigenvalue weighted by atomic mass is 10.1. The largest absolute Gasteiger partial charge is 0.493 e. The van der Waals surface area contributed by atoms with Gasteiger partial charge in [0, 0.05) is 12.1 Å². The van der Waals surface area contributed by atoms with Crippen LogP contribution in [0, 0.1) is 5.92 Å². The van der Waals surface area contributed by atoms with Crippen molar-refractivity contribution in [1.29, 1.82) is 0 Å². The smallest absolute Gasteiger partial charge is 0.244 e. The van der Waals surface area contributed by atoms with Crippen LogP contribution in [0.1, 0.15) is 33.3 Å². The highest BCUT2D eigenvalue weighted by Crippen LogP contribution is 2.37. The normalized spacial score (nSPS) is 11.1. The van der Waals surface area contributed by atoms with E-state index in [-0.39, 0.29) is 24.4 Å². The Hall–Kier alpha value is -2.21. The maximum Gasteiger partial charge on any atom is 0.244 e. The molecule has 0 aliphatic carbocycles. The van der Waals surface area contributed by atoms with E-state index < -0.39 is 0 Å². The minimum Gasteiger partial charge on any atom is -0.493 e. The van der Waals surface area contributed by atoms with Gasteiger partial charge in [-0.2, -0.15) is 0 Å². The van der Waals surface area contributed by atoms with Gasteiger partial charge in [0.15, 0.2) is 11.5 Å². The highest BCUT2D eigenvalue weighted by Gasteiger charge is 2.12. The molecule has 0 fully saturated rings. The monoisotopic (exact) mass is 382 g/mol. The van der Waals surface area contributed by atoms with E-state index in [0.717, 1.165) is 0 Å². The summed E-state index contributed by atoms with van der Waals surface area (Å²) in [6.07, 6.45) is 2.93. The second-order valence-electron chi connectivity index (χ2n) is 6.51. The van der Waals surface area contributed by atoms with E-state index in [1.165, 1.54) is 13.2 Å². The number of halogens is 1. The number of amides is 2. The Morgan fingerprint density at radius 1 is 1.23 bits per heavy atom. The Morgan fingerprint density at radius 2 is 1.92 bits per heavy atom. The number of benzene rings is 1. The fourth-order valence-electron chi connectivity index (χ4n) is 2.00. The van der Waals surface area contributed by atoms with E-state index in [0.29, 0.717) is 34.6 Å². The van der Waals surface area contributed by atoms with Gasteiger partial charge in [-0.1, -0.05) is 25.4 Å². The van der Waals surface area contributed by atoms with Crippen LogP contribution in [0.3, 0.4) is 0 Å². The zero-order chi connectivity index (χ0) is 19.7. The van der Waals surface area contributed by atoms with Crippen molar-refractivity contribution in [3.63, 3.8) is 0 Å². The van der Waals surface area contributed by atoms with Crippen LogP contribution in [-0.2, 0) is 9.59 Å². The van der Waals surface area contributed by atoms with Gasteiger partial charge in [-0.3, -0.25) is 9.59 Å². The molecule has 2 N–H and O–H groups in total. The Bertz CT molecular complexity index is 657. The molecule has 0 saturated heterocycles. The molecule has 0 aliphatic rings. The lowest BCUT2D eigenvalue weighted by Crippen LogP contribution is -2.39. The van der Waals surface area contributed by atoms with Crippen molar-refractivity contribution in [2.24, 2.45) is 5.92 Å². The minimum atomic E-state index is -0.376. The van der Waals surface area contributed by atoms with E-state index in [9.17, 15) is 9.59 Å². The molecule has 7 heteroatoms. The maximum atomic E-state index is 11.8. The van der Waals surface area contributed by atoms with Crippen LogP contribution < -0.4 is 20.1 Å². The van der Waals surface area contributed by atoms with Crippen LogP contribution in [0.25, 0.3) is 6.08 Å². The van der Waals surface area contributed by atoms with Crippen molar-refractivity contribution in [1.82, 2.24) is 10.6 Å². The van der Waals surface area contributed by atoms with Gasteiger partial charge in [-0.15, -0.1) is 0 Å². The Labute approximate surface area is 159 Å². The van der Waals surface area contributed by atoms with Gasteiger partial charge in [0.1, 0.15) is 0 Å². The molecule has 1 aromatic carbocycles. The number of nitrogens with one attached hydrogen (secondary N) is 2. The van der Waals surface area contributed by atoms with Gasteiger partial charge in [0.2, 0.25) is 11.8 Å². The molecule has 144 valence electrons. The second kappa shape index (κ2) is 10.7. The molecule has 0 unspecified atom stereocenters. The third kappa shape index (κ3) is 7.78. The lowest BCUT2D eigenvalue weighted by Gasteiger charge is -2.14. The maximum absolute atomic E-state index is 11.8.